The Morgan fingerprint density at radius 1 is 1.38 bits per heavy atom. The van der Waals surface area contributed by atoms with E-state index in [1.54, 1.807) is 12.1 Å². The molecule has 0 unspecified atom stereocenters. The quantitative estimate of drug-likeness (QED) is 0.611. The molecule has 0 atom stereocenters. The summed E-state index contributed by atoms with van der Waals surface area (Å²) in [6, 6.07) is 7.44. The average Bonchev–Trinajstić information content (AvgIpc) is 2.29. The molecule has 0 fully saturated rings. The standard InChI is InChI=1S/C13H16N2O/c1-4-5-10-14-13(16)11-6-8-12(9-7-11)15(2)3/h1,6-9H,5,10H2,2-3H3,(H,14,16). The van der Waals surface area contributed by atoms with Crippen molar-refractivity contribution in [2.24, 2.45) is 0 Å². The molecule has 3 nitrogen and oxygen atoms in total. The van der Waals surface area contributed by atoms with Gasteiger partial charge in [-0.05, 0) is 24.3 Å². The number of nitrogens with one attached hydrogen (secondary N) is 1. The third-order valence-corrected chi connectivity index (χ3v) is 2.20. The number of hydrogen-bond acceptors (Lipinski definition) is 2. The smallest absolute Gasteiger partial charge is 0.251 e. The zero-order chi connectivity index (χ0) is 12.0. The van der Waals surface area contributed by atoms with Crippen LogP contribution in [0.2, 0.25) is 0 Å². The molecule has 0 aliphatic rings. The van der Waals surface area contributed by atoms with Gasteiger partial charge < -0.3 is 10.2 Å². The van der Waals surface area contributed by atoms with Gasteiger partial charge in [0.25, 0.3) is 5.91 Å². The molecule has 16 heavy (non-hydrogen) atoms. The molecule has 1 amide bonds. The summed E-state index contributed by atoms with van der Waals surface area (Å²) in [6.45, 7) is 0.519. The van der Waals surface area contributed by atoms with Gasteiger partial charge in [0.15, 0.2) is 0 Å². The molecule has 3 heteroatoms. The highest BCUT2D eigenvalue weighted by molar-refractivity contribution is 5.94. The van der Waals surface area contributed by atoms with Crippen molar-refractivity contribution in [2.45, 2.75) is 6.42 Å². The normalized spacial score (nSPS) is 9.31. The summed E-state index contributed by atoms with van der Waals surface area (Å²) in [7, 11) is 3.92. The lowest BCUT2D eigenvalue weighted by atomic mass is 10.2. The minimum absolute atomic E-state index is 0.0828. The van der Waals surface area contributed by atoms with Crippen molar-refractivity contribution < 1.29 is 4.79 Å². The lowest BCUT2D eigenvalue weighted by Crippen LogP contribution is -2.24. The van der Waals surface area contributed by atoms with Gasteiger partial charge in [0.1, 0.15) is 0 Å². The third-order valence-electron chi connectivity index (χ3n) is 2.20. The van der Waals surface area contributed by atoms with Crippen LogP contribution in [-0.2, 0) is 0 Å². The summed E-state index contributed by atoms with van der Waals surface area (Å²) in [6.07, 6.45) is 5.66. The molecule has 0 aliphatic heterocycles. The minimum Gasteiger partial charge on any atom is -0.378 e. The van der Waals surface area contributed by atoms with Gasteiger partial charge in [-0.1, -0.05) is 0 Å². The summed E-state index contributed by atoms with van der Waals surface area (Å²) in [4.78, 5) is 13.6. The Morgan fingerprint density at radius 2 is 2.00 bits per heavy atom. The fourth-order valence-electron chi connectivity index (χ4n) is 1.26. The van der Waals surface area contributed by atoms with Gasteiger partial charge in [-0.15, -0.1) is 12.3 Å². The Hall–Kier alpha value is -1.95. The number of benzene rings is 1. The fourth-order valence-corrected chi connectivity index (χ4v) is 1.26. The molecular weight excluding hydrogens is 200 g/mol. The first-order valence-electron chi connectivity index (χ1n) is 5.14. The maximum atomic E-state index is 11.6. The predicted molar refractivity (Wildman–Crippen MR) is 66.6 cm³/mol. The highest BCUT2D eigenvalue weighted by atomic mass is 16.1. The van der Waals surface area contributed by atoms with Crippen LogP contribution in [0.4, 0.5) is 5.69 Å². The molecule has 0 aromatic heterocycles. The van der Waals surface area contributed by atoms with E-state index in [0.717, 1.165) is 5.69 Å². The van der Waals surface area contributed by atoms with Gasteiger partial charge in [0.05, 0.1) is 0 Å². The van der Waals surface area contributed by atoms with Crippen molar-refractivity contribution in [3.8, 4) is 12.3 Å². The molecule has 1 aromatic rings. The number of anilines is 1. The molecule has 0 saturated carbocycles. The number of carbonyl (C=O) groups excluding carboxylic acids is 1. The zero-order valence-corrected chi connectivity index (χ0v) is 9.66. The lowest BCUT2D eigenvalue weighted by Gasteiger charge is -2.12. The first kappa shape index (κ1) is 12.1. The third kappa shape index (κ3) is 3.32. The van der Waals surface area contributed by atoms with Gasteiger partial charge in [-0.25, -0.2) is 0 Å². The maximum absolute atomic E-state index is 11.6. The number of nitrogens with zero attached hydrogens (tertiary/aromatic N) is 1. The van der Waals surface area contributed by atoms with E-state index in [2.05, 4.69) is 11.2 Å². The van der Waals surface area contributed by atoms with E-state index in [1.807, 2.05) is 31.1 Å². The van der Waals surface area contributed by atoms with Crippen molar-refractivity contribution >= 4 is 11.6 Å². The summed E-state index contributed by atoms with van der Waals surface area (Å²) < 4.78 is 0. The van der Waals surface area contributed by atoms with Crippen molar-refractivity contribution in [3.63, 3.8) is 0 Å². The van der Waals surface area contributed by atoms with Crippen molar-refractivity contribution in [2.75, 3.05) is 25.5 Å². The van der Waals surface area contributed by atoms with Crippen LogP contribution >= 0.6 is 0 Å². The van der Waals surface area contributed by atoms with E-state index in [-0.39, 0.29) is 5.91 Å². The molecule has 1 aromatic carbocycles. The van der Waals surface area contributed by atoms with Crippen LogP contribution in [0.5, 0.6) is 0 Å². The van der Waals surface area contributed by atoms with Crippen LogP contribution in [-0.4, -0.2) is 26.5 Å². The Kier molecular flexibility index (Phi) is 4.41. The van der Waals surface area contributed by atoms with Crippen LogP contribution in [0, 0.1) is 12.3 Å². The minimum atomic E-state index is -0.0828. The van der Waals surface area contributed by atoms with Crippen molar-refractivity contribution in [1.29, 1.82) is 0 Å². The molecule has 0 aliphatic carbocycles. The summed E-state index contributed by atoms with van der Waals surface area (Å²) in [5.41, 5.74) is 1.72. The van der Waals surface area contributed by atoms with E-state index >= 15 is 0 Å². The molecule has 0 heterocycles. The monoisotopic (exact) mass is 216 g/mol. The molecule has 84 valence electrons. The number of amides is 1. The van der Waals surface area contributed by atoms with Gasteiger partial charge in [0.2, 0.25) is 0 Å². The van der Waals surface area contributed by atoms with Crippen LogP contribution < -0.4 is 10.2 Å². The molecular formula is C13H16N2O. The van der Waals surface area contributed by atoms with Gasteiger partial charge in [-0.2, -0.15) is 0 Å². The van der Waals surface area contributed by atoms with E-state index in [0.29, 0.717) is 18.5 Å². The molecule has 0 saturated heterocycles. The number of carbonyl (C=O) groups is 1. The average molecular weight is 216 g/mol. The Labute approximate surface area is 96.5 Å². The summed E-state index contributed by atoms with van der Waals surface area (Å²) in [5, 5.41) is 2.75. The lowest BCUT2D eigenvalue weighted by molar-refractivity contribution is 0.0954. The fraction of sp³-hybridized carbons (Fsp3) is 0.308. The summed E-state index contributed by atoms with van der Waals surface area (Å²) in [5.74, 6) is 2.39. The first-order valence-corrected chi connectivity index (χ1v) is 5.14. The Bertz CT molecular complexity index is 387. The predicted octanol–water partition coefficient (Wildman–Crippen LogP) is 1.51. The highest BCUT2D eigenvalue weighted by Crippen LogP contribution is 2.11. The van der Waals surface area contributed by atoms with Crippen LogP contribution in [0.25, 0.3) is 0 Å². The molecule has 1 N–H and O–H groups in total. The van der Waals surface area contributed by atoms with E-state index in [4.69, 9.17) is 6.42 Å². The molecule has 1 rings (SSSR count). The second-order valence-corrected chi connectivity index (χ2v) is 3.65. The maximum Gasteiger partial charge on any atom is 0.251 e. The second-order valence-electron chi connectivity index (χ2n) is 3.65. The van der Waals surface area contributed by atoms with Gasteiger partial charge in [-0.3, -0.25) is 4.79 Å². The first-order chi connectivity index (χ1) is 7.65. The zero-order valence-electron chi connectivity index (χ0n) is 9.66. The van der Waals surface area contributed by atoms with E-state index in [1.165, 1.54) is 0 Å². The Morgan fingerprint density at radius 3 is 2.50 bits per heavy atom. The summed E-state index contributed by atoms with van der Waals surface area (Å²) >= 11 is 0. The van der Waals surface area contributed by atoms with Crippen LogP contribution in [0.3, 0.4) is 0 Å². The van der Waals surface area contributed by atoms with Crippen LogP contribution in [0.15, 0.2) is 24.3 Å². The number of terminal acetylenes is 1. The molecule has 0 bridgehead atoms. The van der Waals surface area contributed by atoms with Crippen molar-refractivity contribution in [3.05, 3.63) is 29.8 Å². The number of hydrogen-bond donors (Lipinski definition) is 1. The number of rotatable bonds is 4. The van der Waals surface area contributed by atoms with E-state index in [9.17, 15) is 4.79 Å². The van der Waals surface area contributed by atoms with Gasteiger partial charge in [0, 0.05) is 38.3 Å². The molecule has 0 radical (unpaired) electrons. The highest BCUT2D eigenvalue weighted by Gasteiger charge is 2.04. The largest absolute Gasteiger partial charge is 0.378 e. The molecule has 0 spiro atoms. The second kappa shape index (κ2) is 5.82. The SMILES string of the molecule is C#CCCNC(=O)c1ccc(N(C)C)cc1. The van der Waals surface area contributed by atoms with E-state index < -0.39 is 0 Å². The van der Waals surface area contributed by atoms with Gasteiger partial charge >= 0.3 is 0 Å². The van der Waals surface area contributed by atoms with Crippen LogP contribution in [0.1, 0.15) is 16.8 Å². The topological polar surface area (TPSA) is 32.3 Å². The Balaban J connectivity index is 2.60. The van der Waals surface area contributed by atoms with Crippen molar-refractivity contribution in [1.82, 2.24) is 5.32 Å².